The third-order valence-corrected chi connectivity index (χ3v) is 2.64. The number of pyridine rings is 1. The van der Waals surface area contributed by atoms with Gasteiger partial charge in [-0.15, -0.1) is 13.2 Å². The summed E-state index contributed by atoms with van der Waals surface area (Å²) in [6, 6.07) is 8.67. The minimum Gasteiger partial charge on any atom is -0.406 e. The van der Waals surface area contributed by atoms with Crippen molar-refractivity contribution in [1.29, 1.82) is 0 Å². The third kappa shape index (κ3) is 4.60. The van der Waals surface area contributed by atoms with E-state index in [-0.39, 0.29) is 10.7 Å². The number of rotatable bonds is 4. The van der Waals surface area contributed by atoms with E-state index in [4.69, 9.17) is 18.0 Å². The molecule has 0 unspecified atom stereocenters. The summed E-state index contributed by atoms with van der Waals surface area (Å²) in [7, 11) is 0. The topological polar surface area (TPSA) is 60.2 Å². The molecule has 1 aromatic carbocycles. The number of nitrogens with one attached hydrogen (secondary N) is 1. The van der Waals surface area contributed by atoms with Gasteiger partial charge < -0.3 is 15.8 Å². The highest BCUT2D eigenvalue weighted by atomic mass is 32.1. The van der Waals surface area contributed by atoms with Crippen LogP contribution in [0, 0.1) is 0 Å². The van der Waals surface area contributed by atoms with Crippen molar-refractivity contribution in [2.75, 3.05) is 5.32 Å². The molecular formula is C13H10F3N3OS. The number of hydrogen-bond donors (Lipinski definition) is 2. The molecule has 0 fully saturated rings. The number of nitrogens with two attached hydrogens (primary N) is 1. The van der Waals surface area contributed by atoms with Gasteiger partial charge in [-0.05, 0) is 36.4 Å². The average molecular weight is 313 g/mol. The smallest absolute Gasteiger partial charge is 0.406 e. The Labute approximate surface area is 123 Å². The van der Waals surface area contributed by atoms with Gasteiger partial charge in [0.1, 0.15) is 16.6 Å². The van der Waals surface area contributed by atoms with Gasteiger partial charge in [-0.25, -0.2) is 4.98 Å². The lowest BCUT2D eigenvalue weighted by Gasteiger charge is -2.10. The second-order valence-electron chi connectivity index (χ2n) is 3.99. The molecule has 110 valence electrons. The molecule has 3 N–H and O–H groups in total. The lowest BCUT2D eigenvalue weighted by Crippen LogP contribution is -2.16. The van der Waals surface area contributed by atoms with Gasteiger partial charge in [0.2, 0.25) is 0 Å². The van der Waals surface area contributed by atoms with Crippen molar-refractivity contribution >= 4 is 28.7 Å². The summed E-state index contributed by atoms with van der Waals surface area (Å²) in [5, 5.41) is 2.93. The highest BCUT2D eigenvalue weighted by Crippen LogP contribution is 2.24. The summed E-state index contributed by atoms with van der Waals surface area (Å²) in [5.41, 5.74) is 6.65. The highest BCUT2D eigenvalue weighted by molar-refractivity contribution is 7.80. The normalized spacial score (nSPS) is 11.0. The van der Waals surface area contributed by atoms with E-state index in [1.807, 2.05) is 0 Å². The second-order valence-corrected chi connectivity index (χ2v) is 4.43. The lowest BCUT2D eigenvalue weighted by atomic mass is 10.2. The molecule has 0 aliphatic rings. The van der Waals surface area contributed by atoms with Crippen LogP contribution in [0.15, 0.2) is 42.6 Å². The molecule has 4 nitrogen and oxygen atoms in total. The number of nitrogens with zero attached hydrogens (tertiary/aromatic N) is 1. The Balaban J connectivity index is 2.04. The summed E-state index contributed by atoms with van der Waals surface area (Å²) in [4.78, 5) is 4.33. The third-order valence-electron chi connectivity index (χ3n) is 2.41. The maximum atomic E-state index is 12.0. The predicted octanol–water partition coefficient (Wildman–Crippen LogP) is 3.36. The molecule has 2 rings (SSSR count). The van der Waals surface area contributed by atoms with E-state index in [1.165, 1.54) is 30.5 Å². The van der Waals surface area contributed by atoms with Gasteiger partial charge >= 0.3 is 6.36 Å². The fraction of sp³-hybridized carbons (Fsp3) is 0.0769. The van der Waals surface area contributed by atoms with Crippen molar-refractivity contribution in [2.45, 2.75) is 6.36 Å². The highest BCUT2D eigenvalue weighted by Gasteiger charge is 2.30. The predicted molar refractivity (Wildman–Crippen MR) is 76.5 cm³/mol. The van der Waals surface area contributed by atoms with E-state index in [0.717, 1.165) is 0 Å². The first-order valence-corrected chi connectivity index (χ1v) is 6.13. The first kappa shape index (κ1) is 15.0. The Morgan fingerprint density at radius 2 is 1.81 bits per heavy atom. The van der Waals surface area contributed by atoms with Crippen molar-refractivity contribution in [1.82, 2.24) is 4.98 Å². The first-order chi connectivity index (χ1) is 9.83. The van der Waals surface area contributed by atoms with Gasteiger partial charge in [0, 0.05) is 17.4 Å². The maximum absolute atomic E-state index is 12.0. The van der Waals surface area contributed by atoms with E-state index in [1.54, 1.807) is 12.1 Å². The van der Waals surface area contributed by atoms with Gasteiger partial charge in [0.25, 0.3) is 0 Å². The Bertz CT molecular complexity index is 627. The van der Waals surface area contributed by atoms with Crippen molar-refractivity contribution in [3.8, 4) is 5.75 Å². The zero-order chi connectivity index (χ0) is 15.5. The number of halogens is 3. The Kier molecular flexibility index (Phi) is 4.27. The number of alkyl halides is 3. The van der Waals surface area contributed by atoms with E-state index >= 15 is 0 Å². The number of anilines is 2. The summed E-state index contributed by atoms with van der Waals surface area (Å²) < 4.78 is 39.8. The minimum atomic E-state index is -4.70. The number of benzene rings is 1. The van der Waals surface area contributed by atoms with E-state index < -0.39 is 6.36 Å². The van der Waals surface area contributed by atoms with Crippen molar-refractivity contribution in [2.24, 2.45) is 5.73 Å². The molecule has 1 heterocycles. The number of hydrogen-bond acceptors (Lipinski definition) is 4. The van der Waals surface area contributed by atoms with Crippen LogP contribution in [-0.2, 0) is 0 Å². The quantitative estimate of drug-likeness (QED) is 0.848. The largest absolute Gasteiger partial charge is 0.573 e. The lowest BCUT2D eigenvalue weighted by molar-refractivity contribution is -0.274. The van der Waals surface area contributed by atoms with Crippen molar-refractivity contribution < 1.29 is 17.9 Å². The monoisotopic (exact) mass is 313 g/mol. The molecule has 8 heteroatoms. The molecule has 0 amide bonds. The molecule has 0 spiro atoms. The molecule has 21 heavy (non-hydrogen) atoms. The SMILES string of the molecule is NC(=S)c1ccc(Nc2ccc(OC(F)(F)F)cc2)nc1. The number of thiocarbonyl (C=S) groups is 1. The Morgan fingerprint density at radius 3 is 2.29 bits per heavy atom. The van der Waals surface area contributed by atoms with Gasteiger partial charge in [-0.1, -0.05) is 12.2 Å². The van der Waals surface area contributed by atoms with Crippen molar-refractivity contribution in [3.05, 3.63) is 48.2 Å². The maximum Gasteiger partial charge on any atom is 0.573 e. The van der Waals surface area contributed by atoms with Gasteiger partial charge in [0.05, 0.1) is 0 Å². The van der Waals surface area contributed by atoms with Crippen LogP contribution in [0.25, 0.3) is 0 Å². The van der Waals surface area contributed by atoms with Gasteiger partial charge in [-0.3, -0.25) is 0 Å². The molecule has 0 aliphatic heterocycles. The molecule has 0 radical (unpaired) electrons. The van der Waals surface area contributed by atoms with Crippen LogP contribution < -0.4 is 15.8 Å². The van der Waals surface area contributed by atoms with Crippen LogP contribution in [0.5, 0.6) is 5.75 Å². The second kappa shape index (κ2) is 5.96. The van der Waals surface area contributed by atoms with Crippen molar-refractivity contribution in [3.63, 3.8) is 0 Å². The fourth-order valence-electron chi connectivity index (χ4n) is 1.50. The van der Waals surface area contributed by atoms with Gasteiger partial charge in [0.15, 0.2) is 0 Å². The molecular weight excluding hydrogens is 303 g/mol. The molecule has 0 saturated carbocycles. The zero-order valence-corrected chi connectivity index (χ0v) is 11.3. The van der Waals surface area contributed by atoms with Gasteiger partial charge in [-0.2, -0.15) is 0 Å². The van der Waals surface area contributed by atoms with E-state index in [0.29, 0.717) is 17.1 Å². The van der Waals surface area contributed by atoms with E-state index in [9.17, 15) is 13.2 Å². The minimum absolute atomic E-state index is 0.239. The molecule has 0 bridgehead atoms. The average Bonchev–Trinajstić information content (AvgIpc) is 2.40. The summed E-state index contributed by atoms with van der Waals surface area (Å²) in [5.74, 6) is 0.226. The number of aromatic nitrogens is 1. The summed E-state index contributed by atoms with van der Waals surface area (Å²) >= 11 is 4.80. The molecule has 0 saturated heterocycles. The number of ether oxygens (including phenoxy) is 1. The molecule has 0 atom stereocenters. The van der Waals surface area contributed by atoms with Crippen LogP contribution >= 0.6 is 12.2 Å². The first-order valence-electron chi connectivity index (χ1n) is 5.72. The molecule has 1 aromatic heterocycles. The summed E-state index contributed by atoms with van der Waals surface area (Å²) in [6.45, 7) is 0. The fourth-order valence-corrected chi connectivity index (χ4v) is 1.62. The standard InChI is InChI=1S/C13H10F3N3OS/c14-13(15,16)20-10-4-2-9(3-5-10)19-11-6-1-8(7-18-11)12(17)21/h1-7H,(H2,17,21)(H,18,19). The Morgan fingerprint density at radius 1 is 1.14 bits per heavy atom. The summed E-state index contributed by atoms with van der Waals surface area (Å²) in [6.07, 6.45) is -3.20. The molecule has 0 aliphatic carbocycles. The van der Waals surface area contributed by atoms with Crippen LogP contribution in [0.2, 0.25) is 0 Å². The zero-order valence-electron chi connectivity index (χ0n) is 10.5. The van der Waals surface area contributed by atoms with Crippen LogP contribution in [-0.4, -0.2) is 16.3 Å². The van der Waals surface area contributed by atoms with Crippen LogP contribution in [0.4, 0.5) is 24.7 Å². The van der Waals surface area contributed by atoms with Crippen LogP contribution in [0.3, 0.4) is 0 Å². The van der Waals surface area contributed by atoms with E-state index in [2.05, 4.69) is 15.0 Å². The van der Waals surface area contributed by atoms with Crippen LogP contribution in [0.1, 0.15) is 5.56 Å². The molecule has 2 aromatic rings. The Hall–Kier alpha value is -2.35.